The van der Waals surface area contributed by atoms with Crippen molar-refractivity contribution in [3.8, 4) is 17.2 Å². The standard InChI is InChI=1S/C21H26N2O5/c1-5-26-17-12-16(13-18(27-6-2)19(17)28-7-3)21(25)23-22-20(24)15-10-8-14(4)9-11-15/h8-13H,5-7H2,1-4H3,(H,22,24)(H,23,25). The third kappa shape index (κ3) is 5.39. The summed E-state index contributed by atoms with van der Waals surface area (Å²) in [7, 11) is 0. The lowest BCUT2D eigenvalue weighted by Gasteiger charge is -2.17. The first-order chi connectivity index (χ1) is 13.5. The molecule has 0 atom stereocenters. The first kappa shape index (κ1) is 21.1. The van der Waals surface area contributed by atoms with E-state index in [1.807, 2.05) is 39.8 Å². The average Bonchev–Trinajstić information content (AvgIpc) is 2.69. The molecule has 0 saturated carbocycles. The van der Waals surface area contributed by atoms with Crippen LogP contribution in [0.15, 0.2) is 36.4 Å². The summed E-state index contributed by atoms with van der Waals surface area (Å²) in [5.41, 5.74) is 6.59. The topological polar surface area (TPSA) is 85.9 Å². The van der Waals surface area contributed by atoms with Crippen LogP contribution in [0.2, 0.25) is 0 Å². The second kappa shape index (κ2) is 10.2. The van der Waals surface area contributed by atoms with Gasteiger partial charge in [0, 0.05) is 11.1 Å². The van der Waals surface area contributed by atoms with Gasteiger partial charge >= 0.3 is 0 Å². The van der Waals surface area contributed by atoms with Gasteiger partial charge in [0.25, 0.3) is 11.8 Å². The number of benzene rings is 2. The molecule has 150 valence electrons. The van der Waals surface area contributed by atoms with Crippen molar-refractivity contribution >= 4 is 11.8 Å². The van der Waals surface area contributed by atoms with Crippen molar-refractivity contribution in [3.05, 3.63) is 53.1 Å². The van der Waals surface area contributed by atoms with E-state index in [0.29, 0.717) is 42.6 Å². The number of carbonyl (C=O) groups excluding carboxylic acids is 2. The predicted molar refractivity (Wildman–Crippen MR) is 106 cm³/mol. The lowest BCUT2D eigenvalue weighted by atomic mass is 10.1. The molecule has 2 N–H and O–H groups in total. The first-order valence-corrected chi connectivity index (χ1v) is 9.23. The third-order valence-electron chi connectivity index (χ3n) is 3.77. The fraction of sp³-hybridized carbons (Fsp3) is 0.333. The van der Waals surface area contributed by atoms with Gasteiger partial charge in [-0.1, -0.05) is 17.7 Å². The Morgan fingerprint density at radius 3 is 1.68 bits per heavy atom. The van der Waals surface area contributed by atoms with Gasteiger partial charge in [-0.15, -0.1) is 0 Å². The molecule has 2 amide bonds. The van der Waals surface area contributed by atoms with Gasteiger partial charge in [0.05, 0.1) is 19.8 Å². The number of amides is 2. The molecule has 7 nitrogen and oxygen atoms in total. The highest BCUT2D eigenvalue weighted by Gasteiger charge is 2.18. The van der Waals surface area contributed by atoms with Gasteiger partial charge in [0.15, 0.2) is 11.5 Å². The predicted octanol–water partition coefficient (Wildman–Crippen LogP) is 3.27. The summed E-state index contributed by atoms with van der Waals surface area (Å²) in [5, 5.41) is 0. The van der Waals surface area contributed by atoms with E-state index in [2.05, 4.69) is 10.9 Å². The maximum absolute atomic E-state index is 12.5. The van der Waals surface area contributed by atoms with Crippen LogP contribution in [0.1, 0.15) is 47.1 Å². The van der Waals surface area contributed by atoms with Crippen molar-refractivity contribution in [1.82, 2.24) is 10.9 Å². The second-order valence-corrected chi connectivity index (χ2v) is 5.87. The zero-order valence-corrected chi connectivity index (χ0v) is 16.6. The largest absolute Gasteiger partial charge is 0.490 e. The lowest BCUT2D eigenvalue weighted by molar-refractivity contribution is 0.0846. The average molecular weight is 386 g/mol. The van der Waals surface area contributed by atoms with Gasteiger partial charge in [0.2, 0.25) is 5.75 Å². The number of hydrazine groups is 1. The van der Waals surface area contributed by atoms with Crippen LogP contribution < -0.4 is 25.1 Å². The maximum Gasteiger partial charge on any atom is 0.269 e. The Labute approximate surface area is 165 Å². The minimum absolute atomic E-state index is 0.277. The van der Waals surface area contributed by atoms with Gasteiger partial charge in [-0.3, -0.25) is 20.4 Å². The minimum atomic E-state index is -0.495. The van der Waals surface area contributed by atoms with Crippen LogP contribution in [0.4, 0.5) is 0 Å². The second-order valence-electron chi connectivity index (χ2n) is 5.87. The maximum atomic E-state index is 12.5. The number of hydrogen-bond acceptors (Lipinski definition) is 5. The van der Waals surface area contributed by atoms with Crippen molar-refractivity contribution < 1.29 is 23.8 Å². The highest BCUT2D eigenvalue weighted by atomic mass is 16.5. The van der Waals surface area contributed by atoms with E-state index in [0.717, 1.165) is 5.56 Å². The molecule has 0 aliphatic carbocycles. The molecule has 7 heteroatoms. The molecule has 2 rings (SSSR count). The number of ether oxygens (including phenoxy) is 3. The Kier molecular flexibility index (Phi) is 7.68. The summed E-state index contributed by atoms with van der Waals surface area (Å²) in [5.74, 6) is 0.363. The molecule has 0 heterocycles. The molecule has 0 bridgehead atoms. The number of rotatable bonds is 8. The van der Waals surface area contributed by atoms with Crippen LogP contribution in [0.3, 0.4) is 0 Å². The molecule has 28 heavy (non-hydrogen) atoms. The SMILES string of the molecule is CCOc1cc(C(=O)NNC(=O)c2ccc(C)cc2)cc(OCC)c1OCC. The van der Waals surface area contributed by atoms with Crippen molar-refractivity contribution in [2.45, 2.75) is 27.7 Å². The van der Waals surface area contributed by atoms with E-state index in [4.69, 9.17) is 14.2 Å². The van der Waals surface area contributed by atoms with Crippen LogP contribution in [0.5, 0.6) is 17.2 Å². The normalized spacial score (nSPS) is 10.1. The Balaban J connectivity index is 2.18. The van der Waals surface area contributed by atoms with E-state index < -0.39 is 11.8 Å². The zero-order chi connectivity index (χ0) is 20.5. The molecule has 0 saturated heterocycles. The summed E-state index contributed by atoms with van der Waals surface area (Å²) in [6, 6.07) is 10.1. The lowest BCUT2D eigenvalue weighted by Crippen LogP contribution is -2.41. The van der Waals surface area contributed by atoms with Gasteiger partial charge in [-0.2, -0.15) is 0 Å². The van der Waals surface area contributed by atoms with Crippen LogP contribution in [0, 0.1) is 6.92 Å². The Hall–Kier alpha value is -3.22. The summed E-state index contributed by atoms with van der Waals surface area (Å²) >= 11 is 0. The highest BCUT2D eigenvalue weighted by Crippen LogP contribution is 2.39. The first-order valence-electron chi connectivity index (χ1n) is 9.23. The smallest absolute Gasteiger partial charge is 0.269 e. The van der Waals surface area contributed by atoms with Crippen molar-refractivity contribution in [2.75, 3.05) is 19.8 Å². The quantitative estimate of drug-likeness (QED) is 0.680. The molecule has 2 aromatic carbocycles. The fourth-order valence-electron chi connectivity index (χ4n) is 2.48. The molecular formula is C21H26N2O5. The summed E-state index contributed by atoms with van der Waals surface area (Å²) in [6.45, 7) is 8.70. The monoisotopic (exact) mass is 386 g/mol. The summed E-state index contributed by atoms with van der Waals surface area (Å²) in [4.78, 5) is 24.7. The van der Waals surface area contributed by atoms with Gasteiger partial charge < -0.3 is 14.2 Å². The van der Waals surface area contributed by atoms with Gasteiger partial charge in [-0.25, -0.2) is 0 Å². The van der Waals surface area contributed by atoms with Crippen LogP contribution in [0.25, 0.3) is 0 Å². The summed E-state index contributed by atoms with van der Waals surface area (Å²) in [6.07, 6.45) is 0. The van der Waals surface area contributed by atoms with Gasteiger partial charge in [0.1, 0.15) is 0 Å². The Morgan fingerprint density at radius 2 is 1.21 bits per heavy atom. The third-order valence-corrected chi connectivity index (χ3v) is 3.77. The molecule has 0 aliphatic rings. The van der Waals surface area contributed by atoms with Crippen LogP contribution >= 0.6 is 0 Å². The number of hydrogen-bond donors (Lipinski definition) is 2. The van der Waals surface area contributed by atoms with E-state index in [9.17, 15) is 9.59 Å². The van der Waals surface area contributed by atoms with E-state index >= 15 is 0 Å². The van der Waals surface area contributed by atoms with Gasteiger partial charge in [-0.05, 0) is 52.0 Å². The molecule has 0 aliphatic heterocycles. The molecule has 0 aromatic heterocycles. The Bertz CT molecular complexity index is 791. The molecular weight excluding hydrogens is 360 g/mol. The zero-order valence-electron chi connectivity index (χ0n) is 16.6. The number of nitrogens with one attached hydrogen (secondary N) is 2. The molecule has 2 aromatic rings. The van der Waals surface area contributed by atoms with Crippen LogP contribution in [-0.2, 0) is 0 Å². The van der Waals surface area contributed by atoms with Crippen molar-refractivity contribution in [1.29, 1.82) is 0 Å². The van der Waals surface area contributed by atoms with Crippen molar-refractivity contribution in [3.63, 3.8) is 0 Å². The molecule has 0 spiro atoms. The fourth-order valence-corrected chi connectivity index (χ4v) is 2.48. The highest BCUT2D eigenvalue weighted by molar-refractivity contribution is 5.99. The molecule has 0 unspecified atom stereocenters. The number of carbonyl (C=O) groups is 2. The van der Waals surface area contributed by atoms with E-state index in [1.165, 1.54) is 0 Å². The van der Waals surface area contributed by atoms with E-state index in [1.54, 1.807) is 24.3 Å². The van der Waals surface area contributed by atoms with E-state index in [-0.39, 0.29) is 5.56 Å². The molecule has 0 radical (unpaired) electrons. The van der Waals surface area contributed by atoms with Crippen LogP contribution in [-0.4, -0.2) is 31.6 Å². The number of aryl methyl sites for hydroxylation is 1. The molecule has 0 fully saturated rings. The van der Waals surface area contributed by atoms with Crippen molar-refractivity contribution in [2.24, 2.45) is 0 Å². The Morgan fingerprint density at radius 1 is 0.750 bits per heavy atom. The minimum Gasteiger partial charge on any atom is -0.490 e. The summed E-state index contributed by atoms with van der Waals surface area (Å²) < 4.78 is 16.8.